The van der Waals surface area contributed by atoms with Crippen LogP contribution in [0.5, 0.6) is 0 Å². The maximum absolute atomic E-state index is 13.5. The van der Waals surface area contributed by atoms with Crippen LogP contribution >= 0.6 is 11.6 Å². The zero-order chi connectivity index (χ0) is 20.7. The normalized spacial score (nSPS) is 16.5. The fourth-order valence-electron chi connectivity index (χ4n) is 4.00. The lowest BCUT2D eigenvalue weighted by Crippen LogP contribution is -2.30. The van der Waals surface area contributed by atoms with E-state index in [2.05, 4.69) is 9.97 Å². The van der Waals surface area contributed by atoms with Gasteiger partial charge in [-0.15, -0.1) is 0 Å². The van der Waals surface area contributed by atoms with Crippen molar-refractivity contribution in [2.45, 2.75) is 25.3 Å². The number of aromatic nitrogens is 2. The number of H-pyrrole nitrogens is 1. The van der Waals surface area contributed by atoms with E-state index < -0.39 is 0 Å². The van der Waals surface area contributed by atoms with Gasteiger partial charge in [-0.2, -0.15) is 0 Å². The Labute approximate surface area is 177 Å². The number of carbonyl (C=O) groups is 1. The molecule has 1 aliphatic rings. The van der Waals surface area contributed by atoms with E-state index in [4.69, 9.17) is 16.0 Å². The number of fused-ring (bicyclic) bond motifs is 1. The van der Waals surface area contributed by atoms with Crippen LogP contribution in [0.15, 0.2) is 59.1 Å². The average molecular weight is 424 g/mol. The van der Waals surface area contributed by atoms with E-state index in [1.54, 1.807) is 23.2 Å². The molecule has 1 saturated heterocycles. The van der Waals surface area contributed by atoms with Crippen molar-refractivity contribution in [3.8, 4) is 0 Å². The molecule has 2 aromatic carbocycles. The SMILES string of the molecule is O=C(c1cc2ccc(F)cc2[nH]1)N1CCCC1c1ncc(Cc2ccc(Cl)cc2)o1. The summed E-state index contributed by atoms with van der Waals surface area (Å²) < 4.78 is 19.5. The number of hydrogen-bond donors (Lipinski definition) is 1. The number of amides is 1. The molecule has 2 aromatic heterocycles. The third-order valence-corrected chi connectivity index (χ3v) is 5.73. The number of hydrogen-bond acceptors (Lipinski definition) is 3. The van der Waals surface area contributed by atoms with E-state index in [0.29, 0.717) is 35.1 Å². The molecule has 4 aromatic rings. The summed E-state index contributed by atoms with van der Waals surface area (Å²) in [5.41, 5.74) is 2.12. The van der Waals surface area contributed by atoms with Crippen LogP contribution in [0.4, 0.5) is 4.39 Å². The minimum absolute atomic E-state index is 0.133. The van der Waals surface area contributed by atoms with E-state index in [9.17, 15) is 9.18 Å². The Morgan fingerprint density at radius 3 is 2.90 bits per heavy atom. The van der Waals surface area contributed by atoms with Crippen molar-refractivity contribution >= 4 is 28.4 Å². The molecular weight excluding hydrogens is 405 g/mol. The Bertz CT molecular complexity index is 1210. The summed E-state index contributed by atoms with van der Waals surface area (Å²) in [6.45, 7) is 0.627. The van der Waals surface area contributed by atoms with Gasteiger partial charge in [0.25, 0.3) is 5.91 Å². The highest BCUT2D eigenvalue weighted by Crippen LogP contribution is 2.33. The van der Waals surface area contributed by atoms with E-state index >= 15 is 0 Å². The molecule has 1 fully saturated rings. The van der Waals surface area contributed by atoms with Crippen LogP contribution < -0.4 is 0 Å². The van der Waals surface area contributed by atoms with Crippen LogP contribution in [0.3, 0.4) is 0 Å². The van der Waals surface area contributed by atoms with Gasteiger partial charge in [0.05, 0.1) is 6.20 Å². The number of rotatable bonds is 4. The molecule has 0 bridgehead atoms. The van der Waals surface area contributed by atoms with Crippen LogP contribution in [0.2, 0.25) is 5.02 Å². The highest BCUT2D eigenvalue weighted by Gasteiger charge is 2.34. The van der Waals surface area contributed by atoms with Gasteiger partial charge in [-0.1, -0.05) is 23.7 Å². The molecular formula is C23H19ClFN3O2. The van der Waals surface area contributed by atoms with Crippen LogP contribution in [0, 0.1) is 5.82 Å². The molecule has 1 unspecified atom stereocenters. The minimum Gasteiger partial charge on any atom is -0.443 e. The van der Waals surface area contributed by atoms with Crippen LogP contribution in [-0.2, 0) is 6.42 Å². The molecule has 0 spiro atoms. The Kier molecular flexibility index (Phi) is 4.79. The molecule has 7 heteroatoms. The van der Waals surface area contributed by atoms with Crippen molar-refractivity contribution in [3.05, 3.63) is 88.5 Å². The lowest BCUT2D eigenvalue weighted by atomic mass is 10.1. The summed E-state index contributed by atoms with van der Waals surface area (Å²) in [4.78, 5) is 22.4. The van der Waals surface area contributed by atoms with Crippen LogP contribution in [0.1, 0.15) is 46.6 Å². The first kappa shape index (κ1) is 18.9. The van der Waals surface area contributed by atoms with E-state index in [1.165, 1.54) is 12.1 Å². The predicted octanol–water partition coefficient (Wildman–Crippen LogP) is 5.52. The fourth-order valence-corrected chi connectivity index (χ4v) is 4.12. The maximum Gasteiger partial charge on any atom is 0.270 e. The molecule has 5 nitrogen and oxygen atoms in total. The van der Waals surface area contributed by atoms with Gasteiger partial charge in [0, 0.05) is 28.9 Å². The van der Waals surface area contributed by atoms with Gasteiger partial charge in [0.15, 0.2) is 0 Å². The largest absolute Gasteiger partial charge is 0.443 e. The number of oxazole rings is 1. The molecule has 1 N–H and O–H groups in total. The van der Waals surface area contributed by atoms with Crippen LogP contribution in [-0.4, -0.2) is 27.3 Å². The van der Waals surface area contributed by atoms with Crippen LogP contribution in [0.25, 0.3) is 10.9 Å². The standard InChI is InChI=1S/C23H19ClFN3O2/c24-16-6-3-14(4-7-16)10-18-13-26-22(30-18)21-2-1-9-28(21)23(29)20-11-15-5-8-17(25)12-19(15)27-20/h3-8,11-13,21,27H,1-2,9-10H2. The fraction of sp³-hybridized carbons (Fsp3) is 0.217. The summed E-state index contributed by atoms with van der Waals surface area (Å²) >= 11 is 5.94. The lowest BCUT2D eigenvalue weighted by Gasteiger charge is -2.21. The first-order chi connectivity index (χ1) is 14.6. The van der Waals surface area contributed by atoms with Gasteiger partial charge in [-0.25, -0.2) is 9.37 Å². The summed E-state index contributed by atoms with van der Waals surface area (Å²) in [5.74, 6) is 0.821. The molecule has 1 atom stereocenters. The summed E-state index contributed by atoms with van der Waals surface area (Å²) in [7, 11) is 0. The zero-order valence-electron chi connectivity index (χ0n) is 16.1. The lowest BCUT2D eigenvalue weighted by molar-refractivity contribution is 0.0709. The highest BCUT2D eigenvalue weighted by molar-refractivity contribution is 6.30. The molecule has 0 saturated carbocycles. The number of carbonyl (C=O) groups excluding carboxylic acids is 1. The Morgan fingerprint density at radius 1 is 1.23 bits per heavy atom. The van der Waals surface area contributed by atoms with Gasteiger partial charge in [-0.05, 0) is 54.8 Å². The second kappa shape index (κ2) is 7.61. The molecule has 30 heavy (non-hydrogen) atoms. The number of nitrogens with zero attached hydrogens (tertiary/aromatic N) is 2. The van der Waals surface area contributed by atoms with Gasteiger partial charge in [-0.3, -0.25) is 4.79 Å². The monoisotopic (exact) mass is 423 g/mol. The van der Waals surface area contributed by atoms with Crippen molar-refractivity contribution in [2.24, 2.45) is 0 Å². The number of nitrogens with one attached hydrogen (secondary N) is 1. The highest BCUT2D eigenvalue weighted by atomic mass is 35.5. The van der Waals surface area contributed by atoms with E-state index in [0.717, 1.165) is 29.6 Å². The van der Waals surface area contributed by atoms with Crippen molar-refractivity contribution < 1.29 is 13.6 Å². The van der Waals surface area contributed by atoms with E-state index in [-0.39, 0.29) is 17.8 Å². The molecule has 1 amide bonds. The van der Waals surface area contributed by atoms with Gasteiger partial charge in [0.2, 0.25) is 5.89 Å². The third kappa shape index (κ3) is 3.59. The Balaban J connectivity index is 1.36. The first-order valence-electron chi connectivity index (χ1n) is 9.85. The number of aromatic amines is 1. The van der Waals surface area contributed by atoms with Crippen molar-refractivity contribution in [2.75, 3.05) is 6.54 Å². The number of halogens is 2. The van der Waals surface area contributed by atoms with Crippen molar-refractivity contribution in [1.29, 1.82) is 0 Å². The molecule has 3 heterocycles. The topological polar surface area (TPSA) is 62.1 Å². The number of likely N-dealkylation sites (tertiary alicyclic amines) is 1. The Hall–Kier alpha value is -3.12. The third-order valence-electron chi connectivity index (χ3n) is 5.48. The quantitative estimate of drug-likeness (QED) is 0.470. The maximum atomic E-state index is 13.5. The van der Waals surface area contributed by atoms with Gasteiger partial charge < -0.3 is 14.3 Å². The second-order valence-corrected chi connectivity index (χ2v) is 7.98. The van der Waals surface area contributed by atoms with Gasteiger partial charge >= 0.3 is 0 Å². The Morgan fingerprint density at radius 2 is 2.07 bits per heavy atom. The number of benzene rings is 2. The average Bonchev–Trinajstić information content (AvgIpc) is 3.47. The molecule has 5 rings (SSSR count). The smallest absolute Gasteiger partial charge is 0.270 e. The van der Waals surface area contributed by atoms with Crippen molar-refractivity contribution in [3.63, 3.8) is 0 Å². The van der Waals surface area contributed by atoms with Crippen molar-refractivity contribution in [1.82, 2.24) is 14.9 Å². The van der Waals surface area contributed by atoms with E-state index in [1.807, 2.05) is 24.3 Å². The molecule has 0 radical (unpaired) electrons. The zero-order valence-corrected chi connectivity index (χ0v) is 16.8. The summed E-state index contributed by atoms with van der Waals surface area (Å²) in [6.07, 6.45) is 4.00. The predicted molar refractivity (Wildman–Crippen MR) is 112 cm³/mol. The van der Waals surface area contributed by atoms with Gasteiger partial charge in [0.1, 0.15) is 23.3 Å². The molecule has 1 aliphatic heterocycles. The molecule has 0 aliphatic carbocycles. The second-order valence-electron chi connectivity index (χ2n) is 7.54. The first-order valence-corrected chi connectivity index (χ1v) is 10.2. The molecule has 152 valence electrons. The summed E-state index contributed by atoms with van der Waals surface area (Å²) in [6, 6.07) is 13.6. The minimum atomic E-state index is -0.338. The summed E-state index contributed by atoms with van der Waals surface area (Å²) in [5, 5.41) is 1.49.